The van der Waals surface area contributed by atoms with Crippen LogP contribution in [0.4, 0.5) is 5.69 Å². The van der Waals surface area contributed by atoms with Gasteiger partial charge >= 0.3 is 0 Å². The molecule has 0 heterocycles. The minimum atomic E-state index is -3.76. The first-order chi connectivity index (χ1) is 16.5. The van der Waals surface area contributed by atoms with Crippen molar-refractivity contribution in [2.75, 3.05) is 23.7 Å². The van der Waals surface area contributed by atoms with Gasteiger partial charge in [-0.25, -0.2) is 8.42 Å². The van der Waals surface area contributed by atoms with Gasteiger partial charge in [-0.15, -0.1) is 0 Å². The first-order valence-corrected chi connectivity index (χ1v) is 14.0. The second-order valence-electron chi connectivity index (χ2n) is 9.31. The number of unbranched alkanes of at least 4 members (excludes halogenated alkanes) is 1. The molecule has 192 valence electrons. The second kappa shape index (κ2) is 12.7. The van der Waals surface area contributed by atoms with E-state index in [-0.39, 0.29) is 24.9 Å². The molecule has 35 heavy (non-hydrogen) atoms. The zero-order valence-corrected chi connectivity index (χ0v) is 22.6. The first kappa shape index (κ1) is 28.4. The van der Waals surface area contributed by atoms with Crippen molar-refractivity contribution in [2.45, 2.75) is 66.0 Å². The number of nitrogens with one attached hydrogen (secondary N) is 1. The van der Waals surface area contributed by atoms with Gasteiger partial charge in [-0.05, 0) is 43.4 Å². The predicted octanol–water partition coefficient (Wildman–Crippen LogP) is 4.22. The Morgan fingerprint density at radius 3 is 2.20 bits per heavy atom. The van der Waals surface area contributed by atoms with Gasteiger partial charge in [0.1, 0.15) is 12.6 Å². The summed E-state index contributed by atoms with van der Waals surface area (Å²) in [6.07, 6.45) is 2.89. The number of para-hydroxylation sites is 1. The molecule has 0 bridgehead atoms. The lowest BCUT2D eigenvalue weighted by Gasteiger charge is -2.32. The number of aryl methyl sites for hydroxylation is 1. The number of benzene rings is 2. The Balaban J connectivity index is 2.40. The first-order valence-electron chi connectivity index (χ1n) is 12.1. The number of rotatable bonds is 12. The number of hydrogen-bond donors (Lipinski definition) is 1. The van der Waals surface area contributed by atoms with Gasteiger partial charge in [0.05, 0.1) is 11.9 Å². The molecule has 2 aromatic carbocycles. The quantitative estimate of drug-likeness (QED) is 0.441. The summed E-state index contributed by atoms with van der Waals surface area (Å²) in [6.45, 7) is 10.0. The van der Waals surface area contributed by atoms with Crippen LogP contribution in [0.25, 0.3) is 0 Å². The van der Waals surface area contributed by atoms with Crippen LogP contribution in [0.2, 0.25) is 0 Å². The van der Waals surface area contributed by atoms with Crippen molar-refractivity contribution < 1.29 is 18.0 Å². The van der Waals surface area contributed by atoms with E-state index >= 15 is 0 Å². The number of carbonyl (C=O) groups excluding carboxylic acids is 2. The Morgan fingerprint density at radius 1 is 1.00 bits per heavy atom. The lowest BCUT2D eigenvalue weighted by atomic mass is 10.0. The molecule has 1 atom stereocenters. The maximum absolute atomic E-state index is 13.6. The van der Waals surface area contributed by atoms with Gasteiger partial charge in [0, 0.05) is 13.1 Å². The highest BCUT2D eigenvalue weighted by molar-refractivity contribution is 7.92. The van der Waals surface area contributed by atoms with Gasteiger partial charge in [0.15, 0.2) is 0 Å². The SMILES string of the molecule is CCCCNC(=O)[C@H](C)N(Cc1ccc(C)cc1)C(=O)CN(c1ccccc1C(C)C)S(C)(=O)=O. The molecule has 8 heteroatoms. The highest BCUT2D eigenvalue weighted by atomic mass is 32.2. The molecule has 2 aromatic rings. The van der Waals surface area contributed by atoms with Crippen molar-refractivity contribution in [3.8, 4) is 0 Å². The molecule has 0 aromatic heterocycles. The summed E-state index contributed by atoms with van der Waals surface area (Å²) in [4.78, 5) is 28.0. The largest absolute Gasteiger partial charge is 0.354 e. The van der Waals surface area contributed by atoms with Crippen LogP contribution in [0.15, 0.2) is 48.5 Å². The monoisotopic (exact) mass is 501 g/mol. The van der Waals surface area contributed by atoms with Gasteiger partial charge in [-0.2, -0.15) is 0 Å². The molecule has 1 N–H and O–H groups in total. The van der Waals surface area contributed by atoms with Crippen LogP contribution in [0.3, 0.4) is 0 Å². The molecule has 0 aliphatic rings. The molecule has 0 unspecified atom stereocenters. The molecule has 0 saturated heterocycles. The second-order valence-corrected chi connectivity index (χ2v) is 11.2. The van der Waals surface area contributed by atoms with Crippen molar-refractivity contribution >= 4 is 27.5 Å². The summed E-state index contributed by atoms with van der Waals surface area (Å²) in [7, 11) is -3.76. The van der Waals surface area contributed by atoms with Gasteiger partial charge in [-0.1, -0.05) is 75.2 Å². The maximum atomic E-state index is 13.6. The highest BCUT2D eigenvalue weighted by Crippen LogP contribution is 2.29. The molecule has 0 radical (unpaired) electrons. The maximum Gasteiger partial charge on any atom is 0.244 e. The number of nitrogens with zero attached hydrogens (tertiary/aromatic N) is 2. The Morgan fingerprint density at radius 2 is 1.63 bits per heavy atom. The van der Waals surface area contributed by atoms with E-state index in [4.69, 9.17) is 0 Å². The zero-order chi connectivity index (χ0) is 26.2. The molecule has 0 aliphatic carbocycles. The van der Waals surface area contributed by atoms with Crippen molar-refractivity contribution in [3.05, 3.63) is 65.2 Å². The minimum absolute atomic E-state index is 0.0671. The Labute approximate surface area is 210 Å². The standard InChI is InChI=1S/C27H39N3O4S/c1-7-8-17-28-27(32)22(5)29(18-23-15-13-21(4)14-16-23)26(31)19-30(35(6,33)34)25-12-10-9-11-24(25)20(2)3/h9-16,20,22H,7-8,17-19H2,1-6H3,(H,28,32)/t22-/m0/s1. The molecule has 0 saturated carbocycles. The minimum Gasteiger partial charge on any atom is -0.354 e. The van der Waals surface area contributed by atoms with Gasteiger partial charge in [-0.3, -0.25) is 13.9 Å². The third-order valence-corrected chi connectivity index (χ3v) is 7.10. The zero-order valence-electron chi connectivity index (χ0n) is 21.7. The summed E-state index contributed by atoms with van der Waals surface area (Å²) >= 11 is 0. The normalized spacial score (nSPS) is 12.3. The fourth-order valence-electron chi connectivity index (χ4n) is 3.81. The summed E-state index contributed by atoms with van der Waals surface area (Å²) in [5.74, 6) is -0.627. The van der Waals surface area contributed by atoms with E-state index in [1.165, 1.54) is 4.90 Å². The van der Waals surface area contributed by atoms with E-state index in [1.807, 2.05) is 64.1 Å². The Hall–Kier alpha value is -2.87. The third-order valence-electron chi connectivity index (χ3n) is 5.98. The predicted molar refractivity (Wildman–Crippen MR) is 142 cm³/mol. The van der Waals surface area contributed by atoms with Crippen molar-refractivity contribution in [1.29, 1.82) is 0 Å². The summed E-state index contributed by atoms with van der Waals surface area (Å²) < 4.78 is 26.8. The van der Waals surface area contributed by atoms with Crippen LogP contribution in [0.1, 0.15) is 63.1 Å². The average Bonchev–Trinajstić information content (AvgIpc) is 2.80. The molecule has 2 amide bonds. The number of hydrogen-bond acceptors (Lipinski definition) is 4. The van der Waals surface area contributed by atoms with Gasteiger partial charge < -0.3 is 10.2 Å². The average molecular weight is 502 g/mol. The van der Waals surface area contributed by atoms with E-state index < -0.39 is 22.0 Å². The summed E-state index contributed by atoms with van der Waals surface area (Å²) in [6, 6.07) is 14.2. The number of sulfonamides is 1. The van der Waals surface area contributed by atoms with E-state index in [0.29, 0.717) is 12.2 Å². The topological polar surface area (TPSA) is 86.8 Å². The van der Waals surface area contributed by atoms with Crippen LogP contribution in [-0.2, 0) is 26.2 Å². The van der Waals surface area contributed by atoms with Gasteiger partial charge in [0.2, 0.25) is 21.8 Å². The van der Waals surface area contributed by atoms with Crippen LogP contribution in [-0.4, -0.2) is 50.5 Å². The van der Waals surface area contributed by atoms with Crippen LogP contribution < -0.4 is 9.62 Å². The van der Waals surface area contributed by atoms with Crippen LogP contribution in [0.5, 0.6) is 0 Å². The lowest BCUT2D eigenvalue weighted by Crippen LogP contribution is -2.51. The van der Waals surface area contributed by atoms with E-state index in [0.717, 1.165) is 40.1 Å². The van der Waals surface area contributed by atoms with Crippen LogP contribution in [0, 0.1) is 6.92 Å². The molecule has 0 fully saturated rings. The van der Waals surface area contributed by atoms with E-state index in [9.17, 15) is 18.0 Å². The molecule has 7 nitrogen and oxygen atoms in total. The van der Waals surface area contributed by atoms with Crippen molar-refractivity contribution in [3.63, 3.8) is 0 Å². The highest BCUT2D eigenvalue weighted by Gasteiger charge is 2.31. The van der Waals surface area contributed by atoms with Crippen molar-refractivity contribution in [2.24, 2.45) is 0 Å². The van der Waals surface area contributed by atoms with Crippen molar-refractivity contribution in [1.82, 2.24) is 10.2 Å². The fourth-order valence-corrected chi connectivity index (χ4v) is 4.68. The molecular formula is C27H39N3O4S. The molecule has 0 aliphatic heterocycles. The smallest absolute Gasteiger partial charge is 0.244 e. The van der Waals surface area contributed by atoms with Crippen LogP contribution >= 0.6 is 0 Å². The lowest BCUT2D eigenvalue weighted by molar-refractivity contribution is -0.139. The van der Waals surface area contributed by atoms with E-state index in [1.54, 1.807) is 19.1 Å². The number of amides is 2. The Kier molecular flexibility index (Phi) is 10.3. The fraction of sp³-hybridized carbons (Fsp3) is 0.481. The summed E-state index contributed by atoms with van der Waals surface area (Å²) in [5, 5.41) is 2.89. The molecule has 2 rings (SSSR count). The van der Waals surface area contributed by atoms with Gasteiger partial charge in [0.25, 0.3) is 0 Å². The third kappa shape index (κ3) is 8.09. The van der Waals surface area contributed by atoms with E-state index in [2.05, 4.69) is 5.32 Å². The Bertz CT molecular complexity index is 1100. The number of anilines is 1. The molecule has 0 spiro atoms. The summed E-state index contributed by atoms with van der Waals surface area (Å²) in [5.41, 5.74) is 3.27. The number of carbonyl (C=O) groups is 2. The molecular weight excluding hydrogens is 462 g/mol.